The van der Waals surface area contributed by atoms with Crippen LogP contribution in [0.15, 0.2) is 0 Å². The Hall–Kier alpha value is -1.30. The number of hydrogen-bond donors (Lipinski definition) is 3. The Balaban J connectivity index is 1.67. The topological polar surface area (TPSA) is 87.7 Å². The Morgan fingerprint density at radius 2 is 2.05 bits per heavy atom. The highest BCUT2D eigenvalue weighted by Gasteiger charge is 2.27. The van der Waals surface area contributed by atoms with Gasteiger partial charge in [-0.25, -0.2) is 4.79 Å². The fourth-order valence-electron chi connectivity index (χ4n) is 2.79. The van der Waals surface area contributed by atoms with Crippen LogP contribution in [0.5, 0.6) is 0 Å². The lowest BCUT2D eigenvalue weighted by atomic mass is 9.86. The van der Waals surface area contributed by atoms with E-state index >= 15 is 0 Å². The van der Waals surface area contributed by atoms with Gasteiger partial charge in [-0.15, -0.1) is 0 Å². The summed E-state index contributed by atoms with van der Waals surface area (Å²) >= 11 is 0. The van der Waals surface area contributed by atoms with Gasteiger partial charge in [-0.1, -0.05) is 6.42 Å². The Kier molecular flexibility index (Phi) is 5.01. The van der Waals surface area contributed by atoms with E-state index in [1.165, 1.54) is 0 Å². The molecule has 0 radical (unpaired) electrons. The van der Waals surface area contributed by atoms with Crippen LogP contribution in [0.2, 0.25) is 0 Å². The van der Waals surface area contributed by atoms with Gasteiger partial charge in [-0.3, -0.25) is 4.79 Å². The zero-order valence-electron chi connectivity index (χ0n) is 11.1. The van der Waals surface area contributed by atoms with Crippen molar-refractivity contribution >= 4 is 12.0 Å². The van der Waals surface area contributed by atoms with E-state index in [0.717, 1.165) is 32.3 Å². The van der Waals surface area contributed by atoms with Gasteiger partial charge in [0.25, 0.3) is 0 Å². The predicted molar refractivity (Wildman–Crippen MR) is 68.9 cm³/mol. The van der Waals surface area contributed by atoms with Crippen molar-refractivity contribution in [1.29, 1.82) is 0 Å². The number of carboxylic acids is 1. The third-order valence-corrected chi connectivity index (χ3v) is 3.87. The molecule has 2 aliphatic rings. The van der Waals surface area contributed by atoms with Crippen LogP contribution < -0.4 is 10.6 Å². The first kappa shape index (κ1) is 14.1. The summed E-state index contributed by atoms with van der Waals surface area (Å²) in [6, 6.07) is -0.245. The van der Waals surface area contributed by atoms with Gasteiger partial charge in [0.2, 0.25) is 0 Å². The molecule has 3 N–H and O–H groups in total. The van der Waals surface area contributed by atoms with Crippen molar-refractivity contribution in [2.24, 2.45) is 5.92 Å². The summed E-state index contributed by atoms with van der Waals surface area (Å²) in [6.45, 7) is 1.30. The van der Waals surface area contributed by atoms with Gasteiger partial charge in [0.05, 0.1) is 12.0 Å². The largest absolute Gasteiger partial charge is 0.481 e. The SMILES string of the molecule is O=C(NCC1CCCO1)NC1CCCC(C(=O)O)C1. The minimum absolute atomic E-state index is 0.0284. The highest BCUT2D eigenvalue weighted by Crippen LogP contribution is 2.24. The molecule has 3 atom stereocenters. The van der Waals surface area contributed by atoms with Gasteiger partial charge in [0.1, 0.15) is 0 Å². The van der Waals surface area contributed by atoms with E-state index in [1.54, 1.807) is 0 Å². The van der Waals surface area contributed by atoms with E-state index in [2.05, 4.69) is 10.6 Å². The second-order valence-electron chi connectivity index (χ2n) is 5.39. The average Bonchev–Trinajstić information content (AvgIpc) is 2.90. The van der Waals surface area contributed by atoms with Gasteiger partial charge in [-0.05, 0) is 32.1 Å². The molecule has 1 aliphatic heterocycles. The number of hydrogen-bond acceptors (Lipinski definition) is 3. The minimum atomic E-state index is -0.758. The number of ether oxygens (including phenoxy) is 1. The van der Waals surface area contributed by atoms with Crippen LogP contribution in [-0.4, -0.2) is 42.4 Å². The summed E-state index contributed by atoms with van der Waals surface area (Å²) in [5.41, 5.74) is 0. The summed E-state index contributed by atoms with van der Waals surface area (Å²) in [5, 5.41) is 14.6. The average molecular weight is 270 g/mol. The molecule has 0 spiro atoms. The third kappa shape index (κ3) is 4.38. The molecular formula is C13H22N2O4. The molecule has 6 heteroatoms. The molecule has 1 heterocycles. The highest BCUT2D eigenvalue weighted by molar-refractivity contribution is 5.74. The molecule has 0 aromatic heterocycles. The molecule has 108 valence electrons. The standard InChI is InChI=1S/C13H22N2O4/c16-12(17)9-3-1-4-10(7-9)15-13(18)14-8-11-5-2-6-19-11/h9-11H,1-8H2,(H,16,17)(H2,14,15,18). The summed E-state index contributed by atoms with van der Waals surface area (Å²) < 4.78 is 5.42. The number of carbonyl (C=O) groups is 2. The van der Waals surface area contributed by atoms with Crippen LogP contribution in [0.1, 0.15) is 38.5 Å². The van der Waals surface area contributed by atoms with E-state index in [0.29, 0.717) is 19.4 Å². The van der Waals surface area contributed by atoms with Crippen LogP contribution in [0.25, 0.3) is 0 Å². The smallest absolute Gasteiger partial charge is 0.315 e. The van der Waals surface area contributed by atoms with Gasteiger partial charge < -0.3 is 20.5 Å². The number of carboxylic acid groups (broad SMARTS) is 1. The Morgan fingerprint density at radius 3 is 2.74 bits per heavy atom. The van der Waals surface area contributed by atoms with Crippen molar-refractivity contribution in [2.75, 3.05) is 13.2 Å². The maximum Gasteiger partial charge on any atom is 0.315 e. The molecule has 3 unspecified atom stereocenters. The first-order valence-electron chi connectivity index (χ1n) is 7.04. The number of urea groups is 1. The van der Waals surface area contributed by atoms with Crippen LogP contribution in [0.3, 0.4) is 0 Å². The van der Waals surface area contributed by atoms with Gasteiger partial charge in [-0.2, -0.15) is 0 Å². The molecule has 6 nitrogen and oxygen atoms in total. The lowest BCUT2D eigenvalue weighted by Crippen LogP contribution is -2.46. The zero-order valence-corrected chi connectivity index (χ0v) is 11.1. The van der Waals surface area contributed by atoms with Gasteiger partial charge >= 0.3 is 12.0 Å². The molecule has 2 rings (SSSR count). The maximum atomic E-state index is 11.7. The monoisotopic (exact) mass is 270 g/mol. The van der Waals surface area contributed by atoms with Crippen molar-refractivity contribution in [3.05, 3.63) is 0 Å². The number of nitrogens with one attached hydrogen (secondary N) is 2. The molecule has 0 aromatic rings. The number of rotatable bonds is 4. The fourth-order valence-corrected chi connectivity index (χ4v) is 2.79. The molecule has 2 fully saturated rings. The first-order valence-corrected chi connectivity index (χ1v) is 7.04. The molecule has 19 heavy (non-hydrogen) atoms. The predicted octanol–water partition coefficient (Wildman–Crippen LogP) is 1.11. The molecule has 1 saturated heterocycles. The lowest BCUT2D eigenvalue weighted by molar-refractivity contribution is -0.143. The quantitative estimate of drug-likeness (QED) is 0.714. The minimum Gasteiger partial charge on any atom is -0.481 e. The molecule has 2 amide bonds. The Morgan fingerprint density at radius 1 is 1.21 bits per heavy atom. The molecular weight excluding hydrogens is 248 g/mol. The Labute approximate surface area is 112 Å². The molecule has 0 bridgehead atoms. The molecule has 1 saturated carbocycles. The normalized spacial score (nSPS) is 30.8. The van der Waals surface area contributed by atoms with Crippen molar-refractivity contribution in [3.63, 3.8) is 0 Å². The van der Waals surface area contributed by atoms with Crippen LogP contribution in [0.4, 0.5) is 4.79 Å². The van der Waals surface area contributed by atoms with Crippen LogP contribution in [0, 0.1) is 5.92 Å². The maximum absolute atomic E-state index is 11.7. The molecule has 1 aliphatic carbocycles. The summed E-state index contributed by atoms with van der Waals surface area (Å²) in [7, 11) is 0. The second-order valence-corrected chi connectivity index (χ2v) is 5.39. The second kappa shape index (κ2) is 6.75. The van der Waals surface area contributed by atoms with Crippen molar-refractivity contribution < 1.29 is 19.4 Å². The first-order chi connectivity index (χ1) is 9.15. The van der Waals surface area contributed by atoms with Crippen LogP contribution >= 0.6 is 0 Å². The number of amides is 2. The summed E-state index contributed by atoms with van der Waals surface area (Å²) in [4.78, 5) is 22.7. The molecule has 0 aromatic carbocycles. The van der Waals surface area contributed by atoms with E-state index in [1.807, 2.05) is 0 Å². The van der Waals surface area contributed by atoms with Gasteiger partial charge in [0, 0.05) is 19.2 Å². The van der Waals surface area contributed by atoms with E-state index in [4.69, 9.17) is 9.84 Å². The van der Waals surface area contributed by atoms with Crippen molar-refractivity contribution in [2.45, 2.75) is 50.7 Å². The van der Waals surface area contributed by atoms with Crippen molar-refractivity contribution in [3.8, 4) is 0 Å². The van der Waals surface area contributed by atoms with E-state index in [-0.39, 0.29) is 24.1 Å². The van der Waals surface area contributed by atoms with Crippen LogP contribution in [-0.2, 0) is 9.53 Å². The van der Waals surface area contributed by atoms with Gasteiger partial charge in [0.15, 0.2) is 0 Å². The van der Waals surface area contributed by atoms with E-state index < -0.39 is 5.97 Å². The zero-order chi connectivity index (χ0) is 13.7. The third-order valence-electron chi connectivity index (χ3n) is 3.87. The Bertz CT molecular complexity index is 329. The van der Waals surface area contributed by atoms with Crippen molar-refractivity contribution in [1.82, 2.24) is 10.6 Å². The summed E-state index contributed by atoms with van der Waals surface area (Å²) in [5.74, 6) is -1.08. The van der Waals surface area contributed by atoms with E-state index in [9.17, 15) is 9.59 Å². The lowest BCUT2D eigenvalue weighted by Gasteiger charge is -2.27. The fraction of sp³-hybridized carbons (Fsp3) is 0.846. The number of carbonyl (C=O) groups excluding carboxylic acids is 1. The summed E-state index contributed by atoms with van der Waals surface area (Å²) in [6.07, 6.45) is 5.13. The number of aliphatic carboxylic acids is 1. The highest BCUT2D eigenvalue weighted by atomic mass is 16.5.